The second-order valence-electron chi connectivity index (χ2n) is 8.05. The number of carboxylic acids is 1. The Kier molecular flexibility index (Phi) is 6.91. The van der Waals surface area contributed by atoms with Crippen molar-refractivity contribution < 1.29 is 32.6 Å². The zero-order chi connectivity index (χ0) is 25.9. The Hall–Kier alpha value is -4.40. The molecule has 1 aromatic heterocycles. The molecule has 0 atom stereocenters. The molecule has 4 rings (SSSR count). The number of nitrogens with zero attached hydrogens (tertiary/aromatic N) is 2. The van der Waals surface area contributed by atoms with Gasteiger partial charge in [-0.15, -0.1) is 0 Å². The van der Waals surface area contributed by atoms with Gasteiger partial charge in [0.25, 0.3) is 5.91 Å². The fourth-order valence-corrected chi connectivity index (χ4v) is 3.86. The number of hydrogen-bond donors (Lipinski definition) is 1. The summed E-state index contributed by atoms with van der Waals surface area (Å²) in [4.78, 5) is 30.9. The molecule has 6 nitrogen and oxygen atoms in total. The Morgan fingerprint density at radius 1 is 0.972 bits per heavy atom. The van der Waals surface area contributed by atoms with Gasteiger partial charge in [0.2, 0.25) is 0 Å². The summed E-state index contributed by atoms with van der Waals surface area (Å²) in [5.41, 5.74) is 1.18. The van der Waals surface area contributed by atoms with Crippen LogP contribution < -0.4 is 4.74 Å². The molecule has 0 spiro atoms. The van der Waals surface area contributed by atoms with E-state index in [1.165, 1.54) is 12.1 Å². The summed E-state index contributed by atoms with van der Waals surface area (Å²) >= 11 is 0. The number of carbonyl (C=O) groups is 2. The molecule has 36 heavy (non-hydrogen) atoms. The van der Waals surface area contributed by atoms with Crippen molar-refractivity contribution in [3.05, 3.63) is 95.6 Å². The van der Waals surface area contributed by atoms with E-state index in [9.17, 15) is 27.9 Å². The first-order chi connectivity index (χ1) is 17.2. The van der Waals surface area contributed by atoms with Crippen molar-refractivity contribution in [3.63, 3.8) is 0 Å². The van der Waals surface area contributed by atoms with Gasteiger partial charge in [-0.3, -0.25) is 9.59 Å². The maximum absolute atomic E-state index is 13.7. The minimum absolute atomic E-state index is 0.160. The van der Waals surface area contributed by atoms with Crippen LogP contribution in [0.15, 0.2) is 78.9 Å². The van der Waals surface area contributed by atoms with E-state index in [2.05, 4.69) is 4.98 Å². The summed E-state index contributed by atoms with van der Waals surface area (Å²) in [5, 5.41) is 9.94. The maximum Gasteiger partial charge on any atom is 0.416 e. The highest BCUT2D eigenvalue weighted by atomic mass is 19.4. The van der Waals surface area contributed by atoms with Crippen molar-refractivity contribution >= 4 is 22.8 Å². The number of halogens is 3. The van der Waals surface area contributed by atoms with Crippen LogP contribution in [-0.2, 0) is 17.5 Å². The molecular formula is C27H21F3N2O4. The third kappa shape index (κ3) is 5.46. The monoisotopic (exact) mass is 494 g/mol. The van der Waals surface area contributed by atoms with Crippen molar-refractivity contribution in [1.82, 2.24) is 9.88 Å². The van der Waals surface area contributed by atoms with Gasteiger partial charge >= 0.3 is 12.1 Å². The molecule has 0 bridgehead atoms. The zero-order valence-corrected chi connectivity index (χ0v) is 19.1. The SMILES string of the molecule is COc1ccc(-c2cc(C(=O)N(CC(=O)O)Cc3cccc(C(F)(F)F)c3)c3ccccc3n2)cc1. The number of ether oxygens (including phenoxy) is 1. The van der Waals surface area contributed by atoms with Gasteiger partial charge in [0, 0.05) is 17.5 Å². The third-order valence-electron chi connectivity index (χ3n) is 5.57. The van der Waals surface area contributed by atoms with E-state index in [1.807, 2.05) is 0 Å². The number of hydrogen-bond acceptors (Lipinski definition) is 4. The molecule has 0 aliphatic rings. The number of amides is 1. The quantitative estimate of drug-likeness (QED) is 0.359. The Balaban J connectivity index is 1.77. The molecule has 0 saturated carbocycles. The molecule has 3 aromatic carbocycles. The number of rotatable bonds is 7. The minimum atomic E-state index is -4.56. The number of aromatic nitrogens is 1. The summed E-state index contributed by atoms with van der Waals surface area (Å²) in [5.74, 6) is -1.28. The highest BCUT2D eigenvalue weighted by Crippen LogP contribution is 2.31. The van der Waals surface area contributed by atoms with Crippen molar-refractivity contribution in [2.24, 2.45) is 0 Å². The topological polar surface area (TPSA) is 79.7 Å². The third-order valence-corrected chi connectivity index (χ3v) is 5.57. The van der Waals surface area contributed by atoms with E-state index in [0.29, 0.717) is 27.9 Å². The zero-order valence-electron chi connectivity index (χ0n) is 19.1. The lowest BCUT2D eigenvalue weighted by Crippen LogP contribution is -2.35. The predicted octanol–water partition coefficient (Wildman–Crippen LogP) is 5.66. The number of benzene rings is 3. The number of fused-ring (bicyclic) bond motifs is 1. The minimum Gasteiger partial charge on any atom is -0.497 e. The lowest BCUT2D eigenvalue weighted by molar-refractivity contribution is -0.139. The molecular weight excluding hydrogens is 473 g/mol. The number of aliphatic carboxylic acids is 1. The van der Waals surface area contributed by atoms with Crippen molar-refractivity contribution in [3.8, 4) is 17.0 Å². The molecule has 1 heterocycles. The Morgan fingerprint density at radius 2 is 1.69 bits per heavy atom. The van der Waals surface area contributed by atoms with Crippen LogP contribution in [-0.4, -0.2) is 40.5 Å². The number of carboxylic acid groups (broad SMARTS) is 1. The van der Waals surface area contributed by atoms with Crippen LogP contribution in [0, 0.1) is 0 Å². The van der Waals surface area contributed by atoms with Crippen molar-refractivity contribution in [2.75, 3.05) is 13.7 Å². The van der Waals surface area contributed by atoms with E-state index < -0.39 is 30.2 Å². The fraction of sp³-hybridized carbons (Fsp3) is 0.148. The van der Waals surface area contributed by atoms with E-state index in [-0.39, 0.29) is 17.7 Å². The lowest BCUT2D eigenvalue weighted by Gasteiger charge is -2.22. The van der Waals surface area contributed by atoms with E-state index in [0.717, 1.165) is 17.0 Å². The first kappa shape index (κ1) is 24.7. The molecule has 0 aliphatic heterocycles. The molecule has 0 saturated heterocycles. The van der Waals surface area contributed by atoms with Crippen molar-refractivity contribution in [1.29, 1.82) is 0 Å². The van der Waals surface area contributed by atoms with Gasteiger partial charge in [0.05, 0.1) is 29.4 Å². The Bertz CT molecular complexity index is 1420. The standard InChI is InChI=1S/C27H21F3N2O4/c1-36-20-11-9-18(10-12-20)24-14-22(21-7-2-3-8-23(21)31-24)26(35)32(16-25(33)34)15-17-5-4-6-19(13-17)27(28,29)30/h2-14H,15-16H2,1H3,(H,33,34). The van der Waals surface area contributed by atoms with Crippen LogP contribution in [0.5, 0.6) is 5.75 Å². The molecule has 1 amide bonds. The number of carbonyl (C=O) groups excluding carboxylic acids is 1. The molecule has 184 valence electrons. The average Bonchev–Trinajstić information content (AvgIpc) is 2.86. The molecule has 0 fully saturated rings. The van der Waals surface area contributed by atoms with Gasteiger partial charge in [-0.2, -0.15) is 13.2 Å². The summed E-state index contributed by atoms with van der Waals surface area (Å²) < 4.78 is 44.7. The average molecular weight is 494 g/mol. The van der Waals surface area contributed by atoms with Gasteiger partial charge in [-0.1, -0.05) is 30.3 Å². The molecule has 4 aromatic rings. The highest BCUT2D eigenvalue weighted by Gasteiger charge is 2.31. The van der Waals surface area contributed by atoms with Gasteiger partial charge in [-0.05, 0) is 54.1 Å². The van der Waals surface area contributed by atoms with Crippen LogP contribution in [0.3, 0.4) is 0 Å². The van der Waals surface area contributed by atoms with E-state index >= 15 is 0 Å². The summed E-state index contributed by atoms with van der Waals surface area (Å²) in [6, 6.07) is 20.0. The van der Waals surface area contributed by atoms with E-state index in [4.69, 9.17) is 4.74 Å². The molecule has 0 aliphatic carbocycles. The highest BCUT2D eigenvalue weighted by molar-refractivity contribution is 6.07. The van der Waals surface area contributed by atoms with Crippen LogP contribution in [0.4, 0.5) is 13.2 Å². The smallest absolute Gasteiger partial charge is 0.416 e. The van der Waals surface area contributed by atoms with Crippen LogP contribution in [0.2, 0.25) is 0 Å². The predicted molar refractivity (Wildman–Crippen MR) is 128 cm³/mol. The molecule has 0 unspecified atom stereocenters. The summed E-state index contributed by atoms with van der Waals surface area (Å²) in [6.45, 7) is -1.01. The number of methoxy groups -OCH3 is 1. The normalized spacial score (nSPS) is 11.3. The van der Waals surface area contributed by atoms with E-state index in [1.54, 1.807) is 61.7 Å². The lowest BCUT2D eigenvalue weighted by atomic mass is 10.0. The van der Waals surface area contributed by atoms with Crippen LogP contribution >= 0.6 is 0 Å². The Labute approximate surface area is 204 Å². The maximum atomic E-state index is 13.7. The molecule has 1 N–H and O–H groups in total. The molecule has 9 heteroatoms. The number of alkyl halides is 3. The first-order valence-corrected chi connectivity index (χ1v) is 10.9. The Morgan fingerprint density at radius 3 is 2.36 bits per heavy atom. The van der Waals surface area contributed by atoms with Crippen LogP contribution in [0.1, 0.15) is 21.5 Å². The van der Waals surface area contributed by atoms with Gasteiger partial charge < -0.3 is 14.7 Å². The second-order valence-corrected chi connectivity index (χ2v) is 8.05. The van der Waals surface area contributed by atoms with Crippen LogP contribution in [0.25, 0.3) is 22.2 Å². The summed E-state index contributed by atoms with van der Waals surface area (Å²) in [6.07, 6.45) is -4.56. The largest absolute Gasteiger partial charge is 0.497 e. The molecule has 0 radical (unpaired) electrons. The summed E-state index contributed by atoms with van der Waals surface area (Å²) in [7, 11) is 1.54. The fourth-order valence-electron chi connectivity index (χ4n) is 3.86. The number of para-hydroxylation sites is 1. The van der Waals surface area contributed by atoms with Gasteiger partial charge in [0.1, 0.15) is 12.3 Å². The number of pyridine rings is 1. The second kappa shape index (κ2) is 10.1. The van der Waals surface area contributed by atoms with Gasteiger partial charge in [0.15, 0.2) is 0 Å². The first-order valence-electron chi connectivity index (χ1n) is 10.9. The van der Waals surface area contributed by atoms with Gasteiger partial charge in [-0.25, -0.2) is 4.98 Å². The van der Waals surface area contributed by atoms with Crippen molar-refractivity contribution in [2.45, 2.75) is 12.7 Å².